The maximum atomic E-state index is 11.5. The molecule has 0 heterocycles. The van der Waals surface area contributed by atoms with Gasteiger partial charge in [-0.2, -0.15) is 0 Å². The highest BCUT2D eigenvalue weighted by molar-refractivity contribution is 5.91. The first kappa shape index (κ1) is 14.0. The van der Waals surface area contributed by atoms with Crippen LogP contribution in [0.2, 0.25) is 0 Å². The fraction of sp³-hybridized carbons (Fsp3) is 0.333. The molecule has 0 saturated heterocycles. The predicted octanol–water partition coefficient (Wildman–Crippen LogP) is 1.35. The Kier molecular flexibility index (Phi) is 3.93. The third-order valence-electron chi connectivity index (χ3n) is 2.64. The van der Waals surface area contributed by atoms with Gasteiger partial charge in [-0.15, -0.1) is 0 Å². The number of non-ortho nitro benzene ring substituents is 1. The van der Waals surface area contributed by atoms with Gasteiger partial charge in [0.05, 0.1) is 4.92 Å². The number of nitro benzene ring substituents is 1. The maximum absolute atomic E-state index is 11.5. The van der Waals surface area contributed by atoms with Gasteiger partial charge < -0.3 is 5.11 Å². The van der Waals surface area contributed by atoms with Crippen molar-refractivity contribution >= 4 is 17.3 Å². The summed E-state index contributed by atoms with van der Waals surface area (Å²) in [7, 11) is 0. The fourth-order valence-electron chi connectivity index (χ4n) is 1.65. The second kappa shape index (κ2) is 5.05. The summed E-state index contributed by atoms with van der Waals surface area (Å²) in [6.07, 6.45) is -0.347. The highest BCUT2D eigenvalue weighted by atomic mass is 16.6. The molecule has 1 atom stereocenters. The van der Waals surface area contributed by atoms with Crippen molar-refractivity contribution in [1.82, 2.24) is 0 Å². The molecule has 0 bridgehead atoms. The number of rotatable bonds is 5. The largest absolute Gasteiger partial charge is 0.377 e. The summed E-state index contributed by atoms with van der Waals surface area (Å²) < 4.78 is 0. The van der Waals surface area contributed by atoms with Gasteiger partial charge >= 0.3 is 0 Å². The van der Waals surface area contributed by atoms with E-state index in [0.717, 1.165) is 0 Å². The van der Waals surface area contributed by atoms with E-state index < -0.39 is 16.3 Å². The summed E-state index contributed by atoms with van der Waals surface area (Å²) in [4.78, 5) is 32.5. The number of carbonyl (C=O) groups excluding carboxylic acids is 2. The van der Waals surface area contributed by atoms with Crippen LogP contribution in [0.5, 0.6) is 0 Å². The molecule has 0 saturated carbocycles. The summed E-state index contributed by atoms with van der Waals surface area (Å²) in [5, 5.41) is 20.7. The summed E-state index contributed by atoms with van der Waals surface area (Å²) in [5.41, 5.74) is -1.88. The molecule has 0 fully saturated rings. The van der Waals surface area contributed by atoms with Crippen LogP contribution in [0.3, 0.4) is 0 Å². The minimum atomic E-state index is -1.92. The van der Waals surface area contributed by atoms with Crippen LogP contribution < -0.4 is 0 Å². The van der Waals surface area contributed by atoms with Gasteiger partial charge in [-0.3, -0.25) is 19.7 Å². The molecule has 0 amide bonds. The standard InChI is InChI=1S/C12H13NO5/c1-8(14)7-12(16,9(2)15)10-3-5-11(6-4-10)13(17)18/h3-6,16H,7H2,1-2H3. The second-order valence-corrected chi connectivity index (χ2v) is 4.10. The summed E-state index contributed by atoms with van der Waals surface area (Å²) >= 11 is 0. The highest BCUT2D eigenvalue weighted by Gasteiger charge is 2.36. The first-order valence-electron chi connectivity index (χ1n) is 5.25. The third kappa shape index (κ3) is 2.78. The van der Waals surface area contributed by atoms with Gasteiger partial charge in [-0.05, 0) is 31.5 Å². The molecule has 96 valence electrons. The Balaban J connectivity index is 3.18. The van der Waals surface area contributed by atoms with Crippen molar-refractivity contribution < 1.29 is 19.6 Å². The molecule has 0 aliphatic rings. The Morgan fingerprint density at radius 2 is 1.78 bits per heavy atom. The van der Waals surface area contributed by atoms with E-state index in [9.17, 15) is 24.8 Å². The number of nitrogens with zero attached hydrogens (tertiary/aromatic N) is 1. The van der Waals surface area contributed by atoms with Crippen molar-refractivity contribution in [2.45, 2.75) is 25.9 Å². The van der Waals surface area contributed by atoms with Gasteiger partial charge in [0.2, 0.25) is 0 Å². The van der Waals surface area contributed by atoms with Crippen LogP contribution in [0.1, 0.15) is 25.8 Å². The van der Waals surface area contributed by atoms with Crippen molar-refractivity contribution in [3.8, 4) is 0 Å². The molecule has 6 nitrogen and oxygen atoms in total. The molecular formula is C12H13NO5. The minimum Gasteiger partial charge on any atom is -0.377 e. The van der Waals surface area contributed by atoms with Crippen LogP contribution in [-0.2, 0) is 15.2 Å². The van der Waals surface area contributed by atoms with Crippen LogP contribution in [-0.4, -0.2) is 21.6 Å². The summed E-state index contributed by atoms with van der Waals surface area (Å²) in [6.45, 7) is 2.43. The second-order valence-electron chi connectivity index (χ2n) is 4.10. The lowest BCUT2D eigenvalue weighted by molar-refractivity contribution is -0.384. The molecule has 1 N–H and O–H groups in total. The lowest BCUT2D eigenvalue weighted by Crippen LogP contribution is -2.35. The SMILES string of the molecule is CC(=O)CC(O)(C(C)=O)c1ccc([N+](=O)[O-])cc1. The molecule has 6 heteroatoms. The van der Waals surface area contributed by atoms with Crippen LogP contribution >= 0.6 is 0 Å². The zero-order valence-corrected chi connectivity index (χ0v) is 10.0. The van der Waals surface area contributed by atoms with E-state index in [1.165, 1.54) is 38.1 Å². The first-order chi connectivity index (χ1) is 8.27. The lowest BCUT2D eigenvalue weighted by Gasteiger charge is -2.24. The molecule has 0 aliphatic heterocycles. The van der Waals surface area contributed by atoms with E-state index in [-0.39, 0.29) is 23.5 Å². The van der Waals surface area contributed by atoms with Gasteiger partial charge in [0.15, 0.2) is 11.4 Å². The third-order valence-corrected chi connectivity index (χ3v) is 2.64. The first-order valence-corrected chi connectivity index (χ1v) is 5.25. The molecule has 1 aromatic rings. The van der Waals surface area contributed by atoms with Gasteiger partial charge in [-0.25, -0.2) is 0 Å². The predicted molar refractivity (Wildman–Crippen MR) is 63.0 cm³/mol. The van der Waals surface area contributed by atoms with Crippen molar-refractivity contribution in [3.05, 3.63) is 39.9 Å². The molecule has 0 aromatic heterocycles. The summed E-state index contributed by atoms with van der Waals surface area (Å²) in [5.74, 6) is -0.919. The maximum Gasteiger partial charge on any atom is 0.269 e. The number of benzene rings is 1. The van der Waals surface area contributed by atoms with E-state index >= 15 is 0 Å². The van der Waals surface area contributed by atoms with Crippen LogP contribution in [0.25, 0.3) is 0 Å². The monoisotopic (exact) mass is 251 g/mol. The quantitative estimate of drug-likeness (QED) is 0.629. The van der Waals surface area contributed by atoms with Gasteiger partial charge in [0, 0.05) is 18.6 Å². The molecule has 1 aromatic carbocycles. The zero-order valence-electron chi connectivity index (χ0n) is 10.0. The van der Waals surface area contributed by atoms with Gasteiger partial charge in [0.1, 0.15) is 5.78 Å². The minimum absolute atomic E-state index is 0.146. The number of nitro groups is 1. The van der Waals surface area contributed by atoms with Crippen LogP contribution in [0.4, 0.5) is 5.69 Å². The molecule has 18 heavy (non-hydrogen) atoms. The van der Waals surface area contributed by atoms with E-state index in [0.29, 0.717) is 0 Å². The van der Waals surface area contributed by atoms with Crippen LogP contribution in [0.15, 0.2) is 24.3 Å². The Morgan fingerprint density at radius 1 is 1.28 bits per heavy atom. The van der Waals surface area contributed by atoms with E-state index in [1.807, 2.05) is 0 Å². The van der Waals surface area contributed by atoms with Gasteiger partial charge in [-0.1, -0.05) is 0 Å². The van der Waals surface area contributed by atoms with Crippen molar-refractivity contribution in [2.24, 2.45) is 0 Å². The Morgan fingerprint density at radius 3 is 2.11 bits per heavy atom. The van der Waals surface area contributed by atoms with Crippen LogP contribution in [0, 0.1) is 10.1 Å². The number of carbonyl (C=O) groups is 2. The molecule has 0 spiro atoms. The fourth-order valence-corrected chi connectivity index (χ4v) is 1.65. The molecular weight excluding hydrogens is 238 g/mol. The highest BCUT2D eigenvalue weighted by Crippen LogP contribution is 2.28. The van der Waals surface area contributed by atoms with Crippen molar-refractivity contribution in [3.63, 3.8) is 0 Å². The smallest absolute Gasteiger partial charge is 0.269 e. The molecule has 0 aliphatic carbocycles. The number of hydrogen-bond donors (Lipinski definition) is 1. The topological polar surface area (TPSA) is 97.5 Å². The van der Waals surface area contributed by atoms with E-state index in [4.69, 9.17) is 0 Å². The normalized spacial score (nSPS) is 13.7. The van der Waals surface area contributed by atoms with Gasteiger partial charge in [0.25, 0.3) is 5.69 Å². The number of aliphatic hydroxyl groups is 1. The van der Waals surface area contributed by atoms with E-state index in [1.54, 1.807) is 0 Å². The van der Waals surface area contributed by atoms with Crippen molar-refractivity contribution in [1.29, 1.82) is 0 Å². The zero-order chi connectivity index (χ0) is 13.9. The molecule has 0 radical (unpaired) electrons. The van der Waals surface area contributed by atoms with E-state index in [2.05, 4.69) is 0 Å². The average molecular weight is 251 g/mol. The average Bonchev–Trinajstić information content (AvgIpc) is 2.27. The molecule has 1 rings (SSSR count). The van der Waals surface area contributed by atoms with Crippen molar-refractivity contribution in [2.75, 3.05) is 0 Å². The lowest BCUT2D eigenvalue weighted by atomic mass is 9.85. The Labute approximate surface area is 103 Å². The number of Topliss-reactive ketones (excluding diaryl/α,β-unsaturated/α-hetero) is 2. The number of hydrogen-bond acceptors (Lipinski definition) is 5. The Hall–Kier alpha value is -2.08. The number of ketones is 2. The summed E-state index contributed by atoms with van der Waals surface area (Å²) in [6, 6.07) is 4.93. The molecule has 1 unspecified atom stereocenters. The Bertz CT molecular complexity index is 494.